The smallest absolute Gasteiger partial charge is 0.306 e. The summed E-state index contributed by atoms with van der Waals surface area (Å²) in [6.07, 6.45) is 7.88. The molecule has 0 atom stereocenters. The molecule has 0 aromatic rings. The Morgan fingerprint density at radius 2 is 2.00 bits per heavy atom. The Labute approximate surface area is 84.8 Å². The number of esters is 1. The van der Waals surface area contributed by atoms with Crippen molar-refractivity contribution in [2.24, 2.45) is 0 Å². The van der Waals surface area contributed by atoms with Crippen molar-refractivity contribution in [3.63, 3.8) is 0 Å². The SMILES string of the molecule is C#CCCCCOC(=O)CCC(C)=O. The maximum atomic E-state index is 11.0. The van der Waals surface area contributed by atoms with Gasteiger partial charge in [0, 0.05) is 12.8 Å². The van der Waals surface area contributed by atoms with Gasteiger partial charge in [-0.15, -0.1) is 12.3 Å². The quantitative estimate of drug-likeness (QED) is 0.353. The lowest BCUT2D eigenvalue weighted by molar-refractivity contribution is -0.144. The summed E-state index contributed by atoms with van der Waals surface area (Å²) in [7, 11) is 0. The van der Waals surface area contributed by atoms with E-state index in [0.29, 0.717) is 13.0 Å². The number of rotatable bonds is 7. The van der Waals surface area contributed by atoms with Gasteiger partial charge in [-0.25, -0.2) is 0 Å². The standard InChI is InChI=1S/C11H16O3/c1-3-4-5-6-9-14-11(13)8-7-10(2)12/h1H,4-9H2,2H3. The van der Waals surface area contributed by atoms with Crippen LogP contribution in [0.1, 0.15) is 39.0 Å². The molecule has 0 heterocycles. The minimum absolute atomic E-state index is 0.00859. The minimum Gasteiger partial charge on any atom is -0.466 e. The van der Waals surface area contributed by atoms with Crippen LogP contribution in [0, 0.1) is 12.3 Å². The molecule has 0 bridgehead atoms. The Morgan fingerprint density at radius 1 is 1.29 bits per heavy atom. The molecule has 0 aromatic heterocycles. The van der Waals surface area contributed by atoms with Gasteiger partial charge in [-0.3, -0.25) is 4.79 Å². The van der Waals surface area contributed by atoms with Crippen LogP contribution in [0.4, 0.5) is 0 Å². The third-order valence-electron chi connectivity index (χ3n) is 1.66. The van der Waals surface area contributed by atoms with E-state index in [2.05, 4.69) is 5.92 Å². The van der Waals surface area contributed by atoms with Crippen LogP contribution in [0.2, 0.25) is 0 Å². The van der Waals surface area contributed by atoms with Gasteiger partial charge in [-0.1, -0.05) is 0 Å². The fraction of sp³-hybridized carbons (Fsp3) is 0.636. The van der Waals surface area contributed by atoms with E-state index in [9.17, 15) is 9.59 Å². The predicted octanol–water partition coefficient (Wildman–Crippen LogP) is 1.70. The van der Waals surface area contributed by atoms with E-state index >= 15 is 0 Å². The molecule has 0 amide bonds. The van der Waals surface area contributed by atoms with Crippen molar-refractivity contribution in [2.75, 3.05) is 6.61 Å². The molecular formula is C11H16O3. The Morgan fingerprint density at radius 3 is 2.57 bits per heavy atom. The van der Waals surface area contributed by atoms with Gasteiger partial charge in [-0.2, -0.15) is 0 Å². The first kappa shape index (κ1) is 12.7. The molecule has 0 aliphatic carbocycles. The molecule has 0 radical (unpaired) electrons. The summed E-state index contributed by atoms with van der Waals surface area (Å²) in [6.45, 7) is 1.86. The highest BCUT2D eigenvalue weighted by molar-refractivity contribution is 5.80. The summed E-state index contributed by atoms with van der Waals surface area (Å²) in [5, 5.41) is 0. The van der Waals surface area contributed by atoms with E-state index in [1.54, 1.807) is 0 Å². The van der Waals surface area contributed by atoms with Crippen LogP contribution in [0.5, 0.6) is 0 Å². The zero-order chi connectivity index (χ0) is 10.8. The molecule has 78 valence electrons. The highest BCUT2D eigenvalue weighted by Crippen LogP contribution is 1.98. The summed E-state index contributed by atoms with van der Waals surface area (Å²) in [5.41, 5.74) is 0. The summed E-state index contributed by atoms with van der Waals surface area (Å²) < 4.78 is 4.88. The Balaban J connectivity index is 3.28. The molecule has 3 heteroatoms. The van der Waals surface area contributed by atoms with Gasteiger partial charge in [-0.05, 0) is 19.8 Å². The van der Waals surface area contributed by atoms with Crippen molar-refractivity contribution < 1.29 is 14.3 Å². The number of hydrogen-bond acceptors (Lipinski definition) is 3. The average molecular weight is 196 g/mol. The molecular weight excluding hydrogens is 180 g/mol. The van der Waals surface area contributed by atoms with Crippen molar-refractivity contribution in [3.8, 4) is 12.3 Å². The second kappa shape index (κ2) is 8.31. The van der Waals surface area contributed by atoms with Gasteiger partial charge in [0.05, 0.1) is 13.0 Å². The average Bonchev–Trinajstić information content (AvgIpc) is 2.14. The van der Waals surface area contributed by atoms with E-state index in [1.165, 1.54) is 6.92 Å². The first-order chi connectivity index (χ1) is 6.66. The van der Waals surface area contributed by atoms with Gasteiger partial charge in [0.1, 0.15) is 5.78 Å². The number of ketones is 1. The number of terminal acetylenes is 1. The third-order valence-corrected chi connectivity index (χ3v) is 1.66. The largest absolute Gasteiger partial charge is 0.466 e. The fourth-order valence-electron chi connectivity index (χ4n) is 0.865. The molecule has 14 heavy (non-hydrogen) atoms. The first-order valence-corrected chi connectivity index (χ1v) is 4.75. The van der Waals surface area contributed by atoms with E-state index in [1.807, 2.05) is 0 Å². The highest BCUT2D eigenvalue weighted by Gasteiger charge is 2.03. The van der Waals surface area contributed by atoms with Gasteiger partial charge in [0.25, 0.3) is 0 Å². The molecule has 0 rings (SSSR count). The van der Waals surface area contributed by atoms with Crippen LogP contribution in [-0.2, 0) is 14.3 Å². The highest BCUT2D eigenvalue weighted by atomic mass is 16.5. The topological polar surface area (TPSA) is 43.4 Å². The van der Waals surface area contributed by atoms with Gasteiger partial charge >= 0.3 is 5.97 Å². The van der Waals surface area contributed by atoms with Crippen LogP contribution < -0.4 is 0 Å². The van der Waals surface area contributed by atoms with E-state index in [0.717, 1.165) is 12.8 Å². The summed E-state index contributed by atoms with van der Waals surface area (Å²) >= 11 is 0. The van der Waals surface area contributed by atoms with E-state index in [-0.39, 0.29) is 24.6 Å². The number of Topliss-reactive ketones (excluding diaryl/α,β-unsaturated/α-hetero) is 1. The number of carbonyl (C=O) groups excluding carboxylic acids is 2. The monoisotopic (exact) mass is 196 g/mol. The molecule has 3 nitrogen and oxygen atoms in total. The lowest BCUT2D eigenvalue weighted by Gasteiger charge is -2.02. The third kappa shape index (κ3) is 8.79. The molecule has 0 N–H and O–H groups in total. The molecule has 0 aliphatic heterocycles. The van der Waals surface area contributed by atoms with Gasteiger partial charge in [0.15, 0.2) is 0 Å². The molecule has 0 saturated carbocycles. The zero-order valence-electron chi connectivity index (χ0n) is 8.54. The van der Waals surface area contributed by atoms with Crippen LogP contribution in [0.3, 0.4) is 0 Å². The maximum absolute atomic E-state index is 11.0. The number of hydrogen-bond donors (Lipinski definition) is 0. The van der Waals surface area contributed by atoms with Crippen LogP contribution in [0.15, 0.2) is 0 Å². The Bertz CT molecular complexity index is 225. The minimum atomic E-state index is -0.305. The van der Waals surface area contributed by atoms with E-state index < -0.39 is 0 Å². The fourth-order valence-corrected chi connectivity index (χ4v) is 0.865. The molecule has 0 fully saturated rings. The van der Waals surface area contributed by atoms with Crippen molar-refractivity contribution in [1.82, 2.24) is 0 Å². The van der Waals surface area contributed by atoms with Crippen LogP contribution >= 0.6 is 0 Å². The van der Waals surface area contributed by atoms with Crippen molar-refractivity contribution in [3.05, 3.63) is 0 Å². The zero-order valence-corrected chi connectivity index (χ0v) is 8.54. The molecule has 0 spiro atoms. The van der Waals surface area contributed by atoms with Crippen molar-refractivity contribution >= 4 is 11.8 Å². The number of unbranched alkanes of at least 4 members (excludes halogenated alkanes) is 2. The summed E-state index contributed by atoms with van der Waals surface area (Å²) in [4.78, 5) is 21.5. The second-order valence-corrected chi connectivity index (χ2v) is 3.08. The first-order valence-electron chi connectivity index (χ1n) is 4.75. The molecule has 0 unspecified atom stereocenters. The molecule has 0 saturated heterocycles. The van der Waals surface area contributed by atoms with Crippen molar-refractivity contribution in [2.45, 2.75) is 39.0 Å². The normalized spacial score (nSPS) is 9.14. The predicted molar refractivity (Wildman–Crippen MR) is 53.6 cm³/mol. The number of ether oxygens (including phenoxy) is 1. The van der Waals surface area contributed by atoms with Gasteiger partial charge < -0.3 is 9.53 Å². The Kier molecular flexibility index (Phi) is 7.53. The lowest BCUT2D eigenvalue weighted by atomic mass is 10.2. The van der Waals surface area contributed by atoms with Gasteiger partial charge in [0.2, 0.25) is 0 Å². The van der Waals surface area contributed by atoms with Crippen molar-refractivity contribution in [1.29, 1.82) is 0 Å². The molecule has 0 aliphatic rings. The van der Waals surface area contributed by atoms with Crippen LogP contribution in [0.25, 0.3) is 0 Å². The van der Waals surface area contributed by atoms with Crippen LogP contribution in [-0.4, -0.2) is 18.4 Å². The Hall–Kier alpha value is -1.30. The second-order valence-electron chi connectivity index (χ2n) is 3.08. The number of carbonyl (C=O) groups is 2. The summed E-state index contributed by atoms with van der Waals surface area (Å²) in [5.74, 6) is 2.21. The summed E-state index contributed by atoms with van der Waals surface area (Å²) in [6, 6.07) is 0. The van der Waals surface area contributed by atoms with E-state index in [4.69, 9.17) is 11.2 Å². The maximum Gasteiger partial charge on any atom is 0.306 e. The molecule has 0 aromatic carbocycles. The lowest BCUT2D eigenvalue weighted by Crippen LogP contribution is -2.07.